The molecule has 1 rings (SSSR count). The largest absolute Gasteiger partial charge is 0.294 e. The van der Waals surface area contributed by atoms with Crippen LogP contribution in [0.3, 0.4) is 0 Å². The summed E-state index contributed by atoms with van der Waals surface area (Å²) in [5.74, 6) is 1.40. The van der Waals surface area contributed by atoms with E-state index in [1.54, 1.807) is 0 Å². The molecule has 0 aliphatic rings. The fraction of sp³-hybridized carbons (Fsp3) is 0.562. The predicted octanol–water partition coefficient (Wildman–Crippen LogP) is 4.36. The van der Waals surface area contributed by atoms with Gasteiger partial charge in [0.2, 0.25) is 0 Å². The van der Waals surface area contributed by atoms with Crippen LogP contribution in [0.25, 0.3) is 0 Å². The van der Waals surface area contributed by atoms with E-state index in [0.29, 0.717) is 11.8 Å². The highest BCUT2D eigenvalue weighted by Crippen LogP contribution is 2.18. The summed E-state index contributed by atoms with van der Waals surface area (Å²) in [5, 5.41) is 0. The number of hydrogen-bond acceptors (Lipinski definition) is 1. The molecule has 1 nitrogen and oxygen atoms in total. The van der Waals surface area contributed by atoms with Crippen molar-refractivity contribution in [2.45, 2.75) is 41.0 Å². The summed E-state index contributed by atoms with van der Waals surface area (Å²) >= 11 is 0. The highest BCUT2D eigenvalue weighted by molar-refractivity contribution is 5.97. The zero-order valence-corrected chi connectivity index (χ0v) is 11.7. The van der Waals surface area contributed by atoms with Crippen molar-refractivity contribution in [3.63, 3.8) is 0 Å². The highest BCUT2D eigenvalue weighted by Gasteiger charge is 2.18. The zero-order chi connectivity index (χ0) is 13.0. The molecule has 0 radical (unpaired) electrons. The fourth-order valence-corrected chi connectivity index (χ4v) is 1.89. The van der Waals surface area contributed by atoms with Gasteiger partial charge < -0.3 is 0 Å². The third kappa shape index (κ3) is 3.99. The third-order valence-corrected chi connectivity index (χ3v) is 3.27. The molecule has 0 saturated carbocycles. The monoisotopic (exact) mass is 232 g/mol. The Labute approximate surface area is 105 Å². The second kappa shape index (κ2) is 6.00. The van der Waals surface area contributed by atoms with Crippen molar-refractivity contribution in [2.75, 3.05) is 0 Å². The molecule has 1 aromatic carbocycles. The molecule has 1 heteroatoms. The van der Waals surface area contributed by atoms with Gasteiger partial charge in [0.1, 0.15) is 0 Å². The molecule has 0 heterocycles. The smallest absolute Gasteiger partial charge is 0.165 e. The van der Waals surface area contributed by atoms with Gasteiger partial charge in [-0.3, -0.25) is 4.79 Å². The Balaban J connectivity index is 2.88. The molecule has 94 valence electrons. The first-order chi connectivity index (χ1) is 7.91. The van der Waals surface area contributed by atoms with Crippen molar-refractivity contribution >= 4 is 5.78 Å². The molecule has 0 fully saturated rings. The summed E-state index contributed by atoms with van der Waals surface area (Å²) in [4.78, 5) is 12.2. The second-order valence-corrected chi connectivity index (χ2v) is 5.70. The molecular weight excluding hydrogens is 208 g/mol. The van der Waals surface area contributed by atoms with Gasteiger partial charge in [-0.2, -0.15) is 0 Å². The summed E-state index contributed by atoms with van der Waals surface area (Å²) in [5.41, 5.74) is 2.13. The highest BCUT2D eigenvalue weighted by atomic mass is 16.1. The van der Waals surface area contributed by atoms with Crippen molar-refractivity contribution in [3.8, 4) is 0 Å². The summed E-state index contributed by atoms with van der Waals surface area (Å²) in [6.45, 7) is 10.6. The minimum atomic E-state index is 0.101. The Morgan fingerprint density at radius 1 is 1.12 bits per heavy atom. The first kappa shape index (κ1) is 14.0. The minimum Gasteiger partial charge on any atom is -0.294 e. The Morgan fingerprint density at radius 2 is 1.76 bits per heavy atom. The van der Waals surface area contributed by atoms with Crippen LogP contribution in [0, 0.1) is 17.8 Å². The van der Waals surface area contributed by atoms with Gasteiger partial charge in [-0.1, -0.05) is 52.8 Å². The van der Waals surface area contributed by atoms with Gasteiger partial charge in [0.25, 0.3) is 0 Å². The van der Waals surface area contributed by atoms with Gasteiger partial charge in [0.05, 0.1) is 0 Å². The SMILES string of the molecule is CC(C)Cc1cccc(C(=O)C(C)C(C)C)c1. The quantitative estimate of drug-likeness (QED) is 0.689. The van der Waals surface area contributed by atoms with E-state index < -0.39 is 0 Å². The topological polar surface area (TPSA) is 17.1 Å². The first-order valence-electron chi connectivity index (χ1n) is 6.55. The van der Waals surface area contributed by atoms with E-state index in [1.165, 1.54) is 5.56 Å². The van der Waals surface area contributed by atoms with Crippen LogP contribution in [0.2, 0.25) is 0 Å². The van der Waals surface area contributed by atoms with Gasteiger partial charge >= 0.3 is 0 Å². The zero-order valence-electron chi connectivity index (χ0n) is 11.7. The Morgan fingerprint density at radius 3 is 2.29 bits per heavy atom. The van der Waals surface area contributed by atoms with Crippen molar-refractivity contribution in [1.29, 1.82) is 0 Å². The van der Waals surface area contributed by atoms with Crippen LogP contribution in [-0.4, -0.2) is 5.78 Å². The number of benzene rings is 1. The minimum absolute atomic E-state index is 0.101. The van der Waals surface area contributed by atoms with Crippen LogP contribution >= 0.6 is 0 Å². The van der Waals surface area contributed by atoms with Crippen molar-refractivity contribution in [1.82, 2.24) is 0 Å². The Kier molecular flexibility index (Phi) is 4.92. The molecular formula is C16H24O. The normalized spacial score (nSPS) is 13.1. The standard InChI is InChI=1S/C16H24O/c1-11(2)9-14-7-6-8-15(10-14)16(17)13(5)12(3)4/h6-8,10-13H,9H2,1-5H3. The average Bonchev–Trinajstić information content (AvgIpc) is 2.26. The lowest BCUT2D eigenvalue weighted by atomic mass is 9.88. The predicted molar refractivity (Wildman–Crippen MR) is 73.3 cm³/mol. The van der Waals surface area contributed by atoms with Gasteiger partial charge in [0.15, 0.2) is 5.78 Å². The maximum atomic E-state index is 12.2. The number of rotatable bonds is 5. The lowest BCUT2D eigenvalue weighted by molar-refractivity contribution is 0.0899. The van der Waals surface area contributed by atoms with Crippen LogP contribution in [0.15, 0.2) is 24.3 Å². The maximum Gasteiger partial charge on any atom is 0.165 e. The molecule has 0 amide bonds. The van der Waals surface area contributed by atoms with E-state index in [4.69, 9.17) is 0 Å². The van der Waals surface area contributed by atoms with Crippen LogP contribution in [0.4, 0.5) is 0 Å². The van der Waals surface area contributed by atoms with E-state index in [2.05, 4.69) is 39.8 Å². The van der Waals surface area contributed by atoms with Crippen molar-refractivity contribution in [3.05, 3.63) is 35.4 Å². The van der Waals surface area contributed by atoms with E-state index >= 15 is 0 Å². The van der Waals surface area contributed by atoms with Crippen LogP contribution in [-0.2, 0) is 6.42 Å². The van der Waals surface area contributed by atoms with Crippen molar-refractivity contribution in [2.24, 2.45) is 17.8 Å². The Bertz CT molecular complexity index is 377. The molecule has 0 bridgehead atoms. The maximum absolute atomic E-state index is 12.2. The van der Waals surface area contributed by atoms with Gasteiger partial charge in [-0.05, 0) is 29.9 Å². The first-order valence-corrected chi connectivity index (χ1v) is 6.55. The Hall–Kier alpha value is -1.11. The summed E-state index contributed by atoms with van der Waals surface area (Å²) in [7, 11) is 0. The molecule has 17 heavy (non-hydrogen) atoms. The molecule has 1 atom stereocenters. The lowest BCUT2D eigenvalue weighted by Crippen LogP contribution is -2.17. The second-order valence-electron chi connectivity index (χ2n) is 5.70. The molecule has 1 unspecified atom stereocenters. The summed E-state index contributed by atoms with van der Waals surface area (Å²) in [6, 6.07) is 8.10. The molecule has 1 aromatic rings. The molecule has 0 aromatic heterocycles. The van der Waals surface area contributed by atoms with E-state index in [0.717, 1.165) is 12.0 Å². The lowest BCUT2D eigenvalue weighted by Gasteiger charge is -2.15. The fourth-order valence-electron chi connectivity index (χ4n) is 1.89. The molecule has 0 spiro atoms. The van der Waals surface area contributed by atoms with E-state index in [-0.39, 0.29) is 11.7 Å². The number of carbonyl (C=O) groups is 1. The van der Waals surface area contributed by atoms with E-state index in [1.807, 2.05) is 19.1 Å². The summed E-state index contributed by atoms with van der Waals surface area (Å²) < 4.78 is 0. The van der Waals surface area contributed by atoms with Gasteiger partial charge in [0, 0.05) is 11.5 Å². The molecule has 0 aliphatic heterocycles. The molecule has 0 aliphatic carbocycles. The number of Topliss-reactive ketones (excluding diaryl/α,β-unsaturated/α-hetero) is 1. The van der Waals surface area contributed by atoms with Crippen molar-refractivity contribution < 1.29 is 4.79 Å². The van der Waals surface area contributed by atoms with Crippen LogP contribution < -0.4 is 0 Å². The summed E-state index contributed by atoms with van der Waals surface area (Å²) in [6.07, 6.45) is 1.04. The average molecular weight is 232 g/mol. The van der Waals surface area contributed by atoms with Gasteiger partial charge in [-0.25, -0.2) is 0 Å². The number of ketones is 1. The number of hydrogen-bond donors (Lipinski definition) is 0. The van der Waals surface area contributed by atoms with Gasteiger partial charge in [-0.15, -0.1) is 0 Å². The molecule has 0 N–H and O–H groups in total. The van der Waals surface area contributed by atoms with Crippen LogP contribution in [0.1, 0.15) is 50.5 Å². The van der Waals surface area contributed by atoms with E-state index in [9.17, 15) is 4.79 Å². The molecule has 0 saturated heterocycles. The van der Waals surface area contributed by atoms with Crippen LogP contribution in [0.5, 0.6) is 0 Å². The number of carbonyl (C=O) groups excluding carboxylic acids is 1. The third-order valence-electron chi connectivity index (χ3n) is 3.27.